The number of benzene rings is 1. The third-order valence-electron chi connectivity index (χ3n) is 5.81. The Balaban J connectivity index is 0.00000306. The summed E-state index contributed by atoms with van der Waals surface area (Å²) in [6, 6.07) is 14.0. The van der Waals surface area contributed by atoms with Crippen molar-refractivity contribution in [1.82, 2.24) is 25.3 Å². The standard InChI is InChI=1S/C24H32N6O2.HI/c1-25-24(27-18-22(23-7-6-16-32-23)29-13-4-3-5-14-29)26-17-19-12-15-30(28-19)20-8-10-21(31-2)11-9-20;/h6-12,15-16,22H,3-5,13-14,17-18H2,1-2H3,(H2,25,26,27);1H. The first-order chi connectivity index (χ1) is 15.8. The van der Waals surface area contributed by atoms with Gasteiger partial charge in [0.2, 0.25) is 0 Å². The van der Waals surface area contributed by atoms with Crippen LogP contribution in [0.3, 0.4) is 0 Å². The molecule has 9 heteroatoms. The molecule has 0 aliphatic carbocycles. The lowest BCUT2D eigenvalue weighted by Crippen LogP contribution is -2.44. The molecule has 1 atom stereocenters. The van der Waals surface area contributed by atoms with Crippen LogP contribution in [0.25, 0.3) is 5.69 Å². The topological polar surface area (TPSA) is 79.8 Å². The number of hydrogen-bond acceptors (Lipinski definition) is 5. The third kappa shape index (κ3) is 6.73. The molecule has 0 bridgehead atoms. The van der Waals surface area contributed by atoms with Crippen molar-refractivity contribution in [1.29, 1.82) is 0 Å². The molecule has 2 aromatic heterocycles. The van der Waals surface area contributed by atoms with Gasteiger partial charge in [0, 0.05) is 19.8 Å². The van der Waals surface area contributed by atoms with E-state index in [0.717, 1.165) is 48.5 Å². The Kier molecular flexibility index (Phi) is 9.61. The molecule has 3 heterocycles. The predicted octanol–water partition coefficient (Wildman–Crippen LogP) is 3.98. The smallest absolute Gasteiger partial charge is 0.191 e. The number of halogens is 1. The Morgan fingerprint density at radius 1 is 1.12 bits per heavy atom. The van der Waals surface area contributed by atoms with Gasteiger partial charge in [0.25, 0.3) is 0 Å². The Morgan fingerprint density at radius 2 is 1.91 bits per heavy atom. The zero-order valence-corrected chi connectivity index (χ0v) is 21.6. The van der Waals surface area contributed by atoms with Crippen molar-refractivity contribution in [2.24, 2.45) is 4.99 Å². The number of furan rings is 1. The van der Waals surface area contributed by atoms with Gasteiger partial charge in [0.1, 0.15) is 11.5 Å². The van der Waals surface area contributed by atoms with E-state index in [9.17, 15) is 0 Å². The number of ether oxygens (including phenoxy) is 1. The van der Waals surface area contributed by atoms with E-state index in [0.29, 0.717) is 6.54 Å². The number of piperidine rings is 1. The number of hydrogen-bond donors (Lipinski definition) is 2. The average molecular weight is 564 g/mol. The van der Waals surface area contributed by atoms with Crippen LogP contribution >= 0.6 is 24.0 Å². The van der Waals surface area contributed by atoms with Gasteiger partial charge in [-0.05, 0) is 68.4 Å². The Bertz CT molecular complexity index is 981. The predicted molar refractivity (Wildman–Crippen MR) is 141 cm³/mol. The molecule has 33 heavy (non-hydrogen) atoms. The van der Waals surface area contributed by atoms with Gasteiger partial charge >= 0.3 is 0 Å². The first kappa shape index (κ1) is 25.1. The van der Waals surface area contributed by atoms with Crippen LogP contribution in [0.2, 0.25) is 0 Å². The maximum absolute atomic E-state index is 5.74. The van der Waals surface area contributed by atoms with Crippen LogP contribution in [0.15, 0.2) is 64.3 Å². The van der Waals surface area contributed by atoms with E-state index in [2.05, 4.69) is 31.7 Å². The van der Waals surface area contributed by atoms with Gasteiger partial charge in [-0.25, -0.2) is 4.68 Å². The van der Waals surface area contributed by atoms with Gasteiger partial charge in [-0.2, -0.15) is 5.10 Å². The highest BCUT2D eigenvalue weighted by Gasteiger charge is 2.24. The van der Waals surface area contributed by atoms with E-state index in [1.165, 1.54) is 19.3 Å². The van der Waals surface area contributed by atoms with Crippen LogP contribution < -0.4 is 15.4 Å². The number of likely N-dealkylation sites (tertiary alicyclic amines) is 1. The van der Waals surface area contributed by atoms with Gasteiger partial charge in [0.15, 0.2) is 5.96 Å². The lowest BCUT2D eigenvalue weighted by molar-refractivity contribution is 0.146. The van der Waals surface area contributed by atoms with Crippen LogP contribution in [-0.2, 0) is 6.54 Å². The lowest BCUT2D eigenvalue weighted by atomic mass is 10.1. The van der Waals surface area contributed by atoms with Crippen LogP contribution in [0, 0.1) is 0 Å². The van der Waals surface area contributed by atoms with Crippen molar-refractivity contribution in [3.63, 3.8) is 0 Å². The zero-order chi connectivity index (χ0) is 22.2. The van der Waals surface area contributed by atoms with Crippen molar-refractivity contribution in [3.8, 4) is 11.4 Å². The van der Waals surface area contributed by atoms with Crippen LogP contribution in [-0.4, -0.2) is 54.4 Å². The number of aromatic nitrogens is 2. The molecule has 4 rings (SSSR count). The maximum Gasteiger partial charge on any atom is 0.191 e. The summed E-state index contributed by atoms with van der Waals surface area (Å²) in [6.07, 6.45) is 7.49. The van der Waals surface area contributed by atoms with Gasteiger partial charge in [0.05, 0.1) is 37.3 Å². The summed E-state index contributed by atoms with van der Waals surface area (Å²) in [7, 11) is 3.45. The molecular formula is C24H33IN6O2. The van der Waals surface area contributed by atoms with Crippen molar-refractivity contribution < 1.29 is 9.15 Å². The van der Waals surface area contributed by atoms with Crippen molar-refractivity contribution >= 4 is 29.9 Å². The molecule has 8 nitrogen and oxygen atoms in total. The minimum absolute atomic E-state index is 0. The normalized spacial score (nSPS) is 15.5. The van der Waals surface area contributed by atoms with Crippen molar-refractivity contribution in [3.05, 3.63) is 66.4 Å². The number of nitrogens with zero attached hydrogens (tertiary/aromatic N) is 4. The summed E-state index contributed by atoms with van der Waals surface area (Å²) in [6.45, 7) is 3.51. The molecule has 0 spiro atoms. The minimum Gasteiger partial charge on any atom is -0.497 e. The Labute approximate surface area is 212 Å². The first-order valence-electron chi connectivity index (χ1n) is 11.2. The molecule has 3 aromatic rings. The van der Waals surface area contributed by atoms with Crippen molar-refractivity contribution in [2.45, 2.75) is 31.8 Å². The molecule has 1 unspecified atom stereocenters. The Hall–Kier alpha value is -2.53. The second kappa shape index (κ2) is 12.6. The van der Waals surface area contributed by atoms with E-state index in [1.807, 2.05) is 47.3 Å². The fraction of sp³-hybridized carbons (Fsp3) is 0.417. The molecule has 2 N–H and O–H groups in total. The quantitative estimate of drug-likeness (QED) is 0.245. The molecule has 0 radical (unpaired) electrons. The molecule has 1 aromatic carbocycles. The maximum atomic E-state index is 5.74. The SMILES string of the molecule is CN=C(NCc1ccn(-c2ccc(OC)cc2)n1)NCC(c1ccco1)N1CCCCC1.I. The molecule has 1 aliphatic rings. The lowest BCUT2D eigenvalue weighted by Gasteiger charge is -2.33. The molecule has 1 saturated heterocycles. The van der Waals surface area contributed by atoms with Gasteiger partial charge in [-0.3, -0.25) is 9.89 Å². The summed E-state index contributed by atoms with van der Waals surface area (Å²) >= 11 is 0. The summed E-state index contributed by atoms with van der Waals surface area (Å²) in [5.74, 6) is 2.57. The number of nitrogens with one attached hydrogen (secondary N) is 2. The largest absolute Gasteiger partial charge is 0.497 e. The number of guanidine groups is 1. The summed E-state index contributed by atoms with van der Waals surface area (Å²) < 4.78 is 12.8. The van der Waals surface area contributed by atoms with Gasteiger partial charge < -0.3 is 19.8 Å². The summed E-state index contributed by atoms with van der Waals surface area (Å²) in [4.78, 5) is 6.88. The van der Waals surface area contributed by atoms with Crippen molar-refractivity contribution in [2.75, 3.05) is 33.8 Å². The Morgan fingerprint density at radius 3 is 2.58 bits per heavy atom. The highest BCUT2D eigenvalue weighted by atomic mass is 127. The highest BCUT2D eigenvalue weighted by molar-refractivity contribution is 14.0. The molecular weight excluding hydrogens is 531 g/mol. The first-order valence-corrected chi connectivity index (χ1v) is 11.2. The van der Waals surface area contributed by atoms with E-state index in [4.69, 9.17) is 9.15 Å². The fourth-order valence-electron chi connectivity index (χ4n) is 4.04. The molecule has 1 fully saturated rings. The molecule has 178 valence electrons. The van der Waals surface area contributed by atoms with E-state index >= 15 is 0 Å². The summed E-state index contributed by atoms with van der Waals surface area (Å²) in [5, 5.41) is 11.5. The average Bonchev–Trinajstić information content (AvgIpc) is 3.55. The number of rotatable bonds is 8. The second-order valence-corrected chi connectivity index (χ2v) is 7.88. The number of methoxy groups -OCH3 is 1. The molecule has 0 amide bonds. The molecule has 1 aliphatic heterocycles. The highest BCUT2D eigenvalue weighted by Crippen LogP contribution is 2.24. The van der Waals surface area contributed by atoms with E-state index < -0.39 is 0 Å². The van der Waals surface area contributed by atoms with Crippen LogP contribution in [0.4, 0.5) is 0 Å². The van der Waals surface area contributed by atoms with E-state index in [1.54, 1.807) is 20.4 Å². The third-order valence-corrected chi connectivity index (χ3v) is 5.81. The monoisotopic (exact) mass is 564 g/mol. The van der Waals surface area contributed by atoms with Crippen LogP contribution in [0.5, 0.6) is 5.75 Å². The minimum atomic E-state index is 0. The number of aliphatic imine (C=N–C) groups is 1. The van der Waals surface area contributed by atoms with Gasteiger partial charge in [-0.1, -0.05) is 6.42 Å². The second-order valence-electron chi connectivity index (χ2n) is 7.88. The van der Waals surface area contributed by atoms with Gasteiger partial charge in [-0.15, -0.1) is 24.0 Å². The van der Waals surface area contributed by atoms with E-state index in [-0.39, 0.29) is 30.0 Å². The van der Waals surface area contributed by atoms with Crippen LogP contribution in [0.1, 0.15) is 36.8 Å². The summed E-state index contributed by atoms with van der Waals surface area (Å²) in [5.41, 5.74) is 1.92. The zero-order valence-electron chi connectivity index (χ0n) is 19.2. The molecule has 0 saturated carbocycles. The fourth-order valence-corrected chi connectivity index (χ4v) is 4.04.